The van der Waals surface area contributed by atoms with E-state index in [0.717, 1.165) is 0 Å². The van der Waals surface area contributed by atoms with E-state index in [9.17, 15) is 0 Å². The van der Waals surface area contributed by atoms with E-state index in [1.54, 1.807) is 0 Å². The Morgan fingerprint density at radius 1 is 1.07 bits per heavy atom. The van der Waals surface area contributed by atoms with Gasteiger partial charge in [-0.05, 0) is 19.4 Å². The molecule has 0 aromatic carbocycles. The molecule has 0 aliphatic heterocycles. The first-order valence-electron chi connectivity index (χ1n) is 6.21. The SMILES string of the molecule is CCCCCCC[n+]1cccc(C)c1C. The number of aromatic nitrogens is 1. The molecule has 84 valence electrons. The molecule has 1 rings (SSSR count). The Labute approximate surface area is 94.1 Å². The predicted octanol–water partition coefficient (Wildman–Crippen LogP) is 3.56. The van der Waals surface area contributed by atoms with Crippen LogP contribution in [0.15, 0.2) is 18.3 Å². The summed E-state index contributed by atoms with van der Waals surface area (Å²) >= 11 is 0. The number of hydrogen-bond donors (Lipinski definition) is 0. The van der Waals surface area contributed by atoms with Crippen molar-refractivity contribution in [2.75, 3.05) is 0 Å². The molecule has 0 saturated heterocycles. The first-order chi connectivity index (χ1) is 7.25. The first kappa shape index (κ1) is 12.2. The Balaban J connectivity index is 2.34. The lowest BCUT2D eigenvalue weighted by molar-refractivity contribution is -0.703. The van der Waals surface area contributed by atoms with Crippen LogP contribution in [0.25, 0.3) is 0 Å². The molecule has 0 aliphatic carbocycles. The van der Waals surface area contributed by atoms with Gasteiger partial charge in [0.25, 0.3) is 0 Å². The third-order valence-electron chi connectivity index (χ3n) is 3.12. The molecular formula is C14H24N+. The summed E-state index contributed by atoms with van der Waals surface area (Å²) in [6.07, 6.45) is 8.99. The van der Waals surface area contributed by atoms with E-state index >= 15 is 0 Å². The molecule has 0 spiro atoms. The summed E-state index contributed by atoms with van der Waals surface area (Å²) < 4.78 is 2.38. The fourth-order valence-corrected chi connectivity index (χ4v) is 1.88. The normalized spacial score (nSPS) is 10.6. The standard InChI is InChI=1S/C14H24N/c1-4-5-6-7-8-11-15-12-9-10-13(2)14(15)3/h9-10,12H,4-8,11H2,1-3H3/q+1. The second-order valence-corrected chi connectivity index (χ2v) is 4.38. The van der Waals surface area contributed by atoms with Gasteiger partial charge in [-0.25, -0.2) is 4.57 Å². The average Bonchev–Trinajstić information content (AvgIpc) is 2.24. The summed E-state index contributed by atoms with van der Waals surface area (Å²) in [5.41, 5.74) is 2.80. The molecule has 0 saturated carbocycles. The van der Waals surface area contributed by atoms with Crippen molar-refractivity contribution in [1.82, 2.24) is 0 Å². The molecule has 0 radical (unpaired) electrons. The third-order valence-corrected chi connectivity index (χ3v) is 3.12. The van der Waals surface area contributed by atoms with Gasteiger partial charge in [0.2, 0.25) is 0 Å². The number of hydrogen-bond acceptors (Lipinski definition) is 0. The van der Waals surface area contributed by atoms with Crippen LogP contribution in [0.2, 0.25) is 0 Å². The molecule has 0 N–H and O–H groups in total. The van der Waals surface area contributed by atoms with Gasteiger partial charge in [-0.2, -0.15) is 0 Å². The summed E-state index contributed by atoms with van der Waals surface area (Å²) in [5, 5.41) is 0. The largest absolute Gasteiger partial charge is 0.202 e. The Morgan fingerprint density at radius 2 is 1.80 bits per heavy atom. The lowest BCUT2D eigenvalue weighted by Crippen LogP contribution is -2.37. The topological polar surface area (TPSA) is 3.88 Å². The van der Waals surface area contributed by atoms with Crippen LogP contribution in [-0.4, -0.2) is 0 Å². The van der Waals surface area contributed by atoms with Gasteiger partial charge in [-0.1, -0.05) is 26.2 Å². The van der Waals surface area contributed by atoms with Crippen LogP contribution in [0.5, 0.6) is 0 Å². The molecule has 1 heteroatoms. The van der Waals surface area contributed by atoms with Gasteiger partial charge in [0.1, 0.15) is 6.54 Å². The Hall–Kier alpha value is -0.850. The minimum Gasteiger partial charge on any atom is -0.202 e. The molecule has 0 aliphatic rings. The van der Waals surface area contributed by atoms with E-state index in [2.05, 4.69) is 43.7 Å². The van der Waals surface area contributed by atoms with Crippen LogP contribution >= 0.6 is 0 Å². The monoisotopic (exact) mass is 206 g/mol. The quantitative estimate of drug-likeness (QED) is 0.495. The van der Waals surface area contributed by atoms with E-state index in [4.69, 9.17) is 0 Å². The van der Waals surface area contributed by atoms with Crippen molar-refractivity contribution in [1.29, 1.82) is 0 Å². The molecule has 15 heavy (non-hydrogen) atoms. The predicted molar refractivity (Wildman–Crippen MR) is 64.9 cm³/mol. The van der Waals surface area contributed by atoms with Crippen molar-refractivity contribution in [3.8, 4) is 0 Å². The highest BCUT2D eigenvalue weighted by Gasteiger charge is 2.06. The second kappa shape index (κ2) is 6.60. The van der Waals surface area contributed by atoms with Crippen molar-refractivity contribution in [3.63, 3.8) is 0 Å². The highest BCUT2D eigenvalue weighted by Crippen LogP contribution is 2.04. The van der Waals surface area contributed by atoms with Crippen molar-refractivity contribution in [3.05, 3.63) is 29.6 Å². The van der Waals surface area contributed by atoms with Crippen LogP contribution in [-0.2, 0) is 6.54 Å². The van der Waals surface area contributed by atoms with Crippen LogP contribution in [0, 0.1) is 13.8 Å². The molecule has 1 nitrogen and oxygen atoms in total. The van der Waals surface area contributed by atoms with E-state index in [1.165, 1.54) is 49.9 Å². The zero-order chi connectivity index (χ0) is 11.1. The summed E-state index contributed by atoms with van der Waals surface area (Å²) in [5.74, 6) is 0. The Bertz CT molecular complexity index is 291. The van der Waals surface area contributed by atoms with Crippen LogP contribution in [0.3, 0.4) is 0 Å². The van der Waals surface area contributed by atoms with Gasteiger partial charge in [0.15, 0.2) is 11.9 Å². The highest BCUT2D eigenvalue weighted by atomic mass is 14.9. The van der Waals surface area contributed by atoms with Gasteiger partial charge < -0.3 is 0 Å². The maximum absolute atomic E-state index is 2.38. The number of rotatable bonds is 6. The van der Waals surface area contributed by atoms with Gasteiger partial charge in [0, 0.05) is 25.0 Å². The lowest BCUT2D eigenvalue weighted by atomic mass is 10.1. The second-order valence-electron chi connectivity index (χ2n) is 4.38. The van der Waals surface area contributed by atoms with Crippen molar-refractivity contribution in [2.45, 2.75) is 59.4 Å². The average molecular weight is 206 g/mol. The van der Waals surface area contributed by atoms with Crippen LogP contribution < -0.4 is 4.57 Å². The minimum absolute atomic E-state index is 1.18. The number of aryl methyl sites for hydroxylation is 2. The van der Waals surface area contributed by atoms with E-state index in [0.29, 0.717) is 0 Å². The van der Waals surface area contributed by atoms with Crippen molar-refractivity contribution in [2.24, 2.45) is 0 Å². The fraction of sp³-hybridized carbons (Fsp3) is 0.643. The molecule has 1 aromatic rings. The molecular weight excluding hydrogens is 182 g/mol. The van der Waals surface area contributed by atoms with Gasteiger partial charge >= 0.3 is 0 Å². The van der Waals surface area contributed by atoms with E-state index in [-0.39, 0.29) is 0 Å². The zero-order valence-corrected chi connectivity index (χ0v) is 10.4. The van der Waals surface area contributed by atoms with E-state index in [1.807, 2.05) is 0 Å². The molecule has 0 unspecified atom stereocenters. The van der Waals surface area contributed by atoms with Gasteiger partial charge in [0.05, 0.1) is 0 Å². The van der Waals surface area contributed by atoms with Crippen LogP contribution in [0.4, 0.5) is 0 Å². The number of nitrogens with zero attached hydrogens (tertiary/aromatic N) is 1. The maximum atomic E-state index is 2.38. The number of pyridine rings is 1. The third kappa shape index (κ3) is 4.03. The van der Waals surface area contributed by atoms with Gasteiger partial charge in [-0.3, -0.25) is 0 Å². The van der Waals surface area contributed by atoms with Crippen LogP contribution in [0.1, 0.15) is 50.3 Å². The lowest BCUT2D eigenvalue weighted by Gasteiger charge is -2.02. The number of unbranched alkanes of at least 4 members (excludes halogenated alkanes) is 4. The maximum Gasteiger partial charge on any atom is 0.181 e. The molecule has 0 amide bonds. The summed E-state index contributed by atoms with van der Waals surface area (Å²) in [6, 6.07) is 4.33. The molecule has 1 aromatic heterocycles. The van der Waals surface area contributed by atoms with Crippen molar-refractivity contribution >= 4 is 0 Å². The summed E-state index contributed by atoms with van der Waals surface area (Å²) in [4.78, 5) is 0. The van der Waals surface area contributed by atoms with Gasteiger partial charge in [-0.15, -0.1) is 0 Å². The fourth-order valence-electron chi connectivity index (χ4n) is 1.88. The smallest absolute Gasteiger partial charge is 0.181 e. The highest BCUT2D eigenvalue weighted by molar-refractivity contribution is 5.10. The first-order valence-corrected chi connectivity index (χ1v) is 6.21. The Kier molecular flexibility index (Phi) is 5.38. The molecule has 0 bridgehead atoms. The van der Waals surface area contributed by atoms with E-state index < -0.39 is 0 Å². The summed E-state index contributed by atoms with van der Waals surface area (Å²) in [6.45, 7) is 7.83. The minimum atomic E-state index is 1.18. The molecule has 0 atom stereocenters. The molecule has 0 fully saturated rings. The Morgan fingerprint density at radius 3 is 2.53 bits per heavy atom. The van der Waals surface area contributed by atoms with Crippen molar-refractivity contribution < 1.29 is 4.57 Å². The molecule has 1 heterocycles. The summed E-state index contributed by atoms with van der Waals surface area (Å²) in [7, 11) is 0. The zero-order valence-electron chi connectivity index (χ0n) is 10.4.